The van der Waals surface area contributed by atoms with Crippen molar-refractivity contribution in [2.75, 3.05) is 0 Å². The van der Waals surface area contributed by atoms with E-state index in [2.05, 4.69) is 4.98 Å². The van der Waals surface area contributed by atoms with E-state index in [9.17, 15) is 9.90 Å². The third kappa shape index (κ3) is 2.39. The first-order valence-corrected chi connectivity index (χ1v) is 4.90. The summed E-state index contributed by atoms with van der Waals surface area (Å²) >= 11 is 0. The second-order valence-electron chi connectivity index (χ2n) is 3.39. The summed E-state index contributed by atoms with van der Waals surface area (Å²) in [5.41, 5.74) is 1.34. The number of rotatable bonds is 2. The molecule has 2 rings (SSSR count). The van der Waals surface area contributed by atoms with Gasteiger partial charge in [0.05, 0.1) is 0 Å². The lowest BCUT2D eigenvalue weighted by Gasteiger charge is -1.95. The van der Waals surface area contributed by atoms with E-state index < -0.39 is 5.56 Å². The van der Waals surface area contributed by atoms with Crippen molar-refractivity contribution in [3.05, 3.63) is 64.1 Å². The molecular weight excluding hydrogens is 202 g/mol. The Morgan fingerprint density at radius 2 is 1.75 bits per heavy atom. The van der Waals surface area contributed by atoms with Crippen molar-refractivity contribution >= 4 is 12.2 Å². The fourth-order valence-electron chi connectivity index (χ4n) is 1.34. The molecule has 0 amide bonds. The van der Waals surface area contributed by atoms with Crippen LogP contribution in [0.5, 0.6) is 5.75 Å². The third-order valence-corrected chi connectivity index (χ3v) is 2.17. The molecule has 1 aromatic heterocycles. The van der Waals surface area contributed by atoms with E-state index in [0.717, 1.165) is 11.1 Å². The van der Waals surface area contributed by atoms with Gasteiger partial charge in [0.2, 0.25) is 0 Å². The van der Waals surface area contributed by atoms with Crippen molar-refractivity contribution < 1.29 is 5.11 Å². The molecule has 16 heavy (non-hydrogen) atoms. The topological polar surface area (TPSA) is 53.1 Å². The molecule has 0 unspecified atom stereocenters. The molecule has 1 heterocycles. The molecule has 0 atom stereocenters. The molecule has 1 aromatic carbocycles. The molecule has 80 valence electrons. The van der Waals surface area contributed by atoms with Crippen LogP contribution in [-0.4, -0.2) is 10.1 Å². The number of hydrogen-bond donors (Lipinski definition) is 2. The van der Waals surface area contributed by atoms with E-state index in [-0.39, 0.29) is 5.75 Å². The van der Waals surface area contributed by atoms with E-state index in [1.54, 1.807) is 6.20 Å². The largest absolute Gasteiger partial charge is 0.503 e. The van der Waals surface area contributed by atoms with Crippen molar-refractivity contribution in [1.29, 1.82) is 0 Å². The molecule has 0 spiro atoms. The highest BCUT2D eigenvalue weighted by Gasteiger charge is 1.95. The molecule has 0 aliphatic carbocycles. The van der Waals surface area contributed by atoms with Crippen LogP contribution in [0.4, 0.5) is 0 Å². The molecule has 0 fully saturated rings. The SMILES string of the molecule is O=c1[nH]cc(/C=C/c2ccccc2)cc1O. The Kier molecular flexibility index (Phi) is 2.87. The van der Waals surface area contributed by atoms with E-state index >= 15 is 0 Å². The van der Waals surface area contributed by atoms with Gasteiger partial charge >= 0.3 is 0 Å². The van der Waals surface area contributed by atoms with Crippen LogP contribution < -0.4 is 5.56 Å². The van der Waals surface area contributed by atoms with Gasteiger partial charge < -0.3 is 10.1 Å². The maximum atomic E-state index is 10.9. The van der Waals surface area contributed by atoms with Gasteiger partial charge in [-0.2, -0.15) is 0 Å². The van der Waals surface area contributed by atoms with E-state index in [1.807, 2.05) is 42.5 Å². The molecule has 3 nitrogen and oxygen atoms in total. The van der Waals surface area contributed by atoms with Gasteiger partial charge in [0.15, 0.2) is 5.75 Å². The lowest BCUT2D eigenvalue weighted by atomic mass is 10.2. The van der Waals surface area contributed by atoms with Crippen molar-refractivity contribution in [1.82, 2.24) is 4.98 Å². The number of aromatic nitrogens is 1. The summed E-state index contributed by atoms with van der Waals surface area (Å²) in [5, 5.41) is 9.22. The summed E-state index contributed by atoms with van der Waals surface area (Å²) in [6.45, 7) is 0. The summed E-state index contributed by atoms with van der Waals surface area (Å²) in [7, 11) is 0. The maximum absolute atomic E-state index is 10.9. The van der Waals surface area contributed by atoms with Crippen LogP contribution in [0.25, 0.3) is 12.2 Å². The molecule has 0 saturated heterocycles. The van der Waals surface area contributed by atoms with E-state index in [4.69, 9.17) is 0 Å². The first-order chi connectivity index (χ1) is 7.75. The predicted octanol–water partition coefficient (Wildman–Crippen LogP) is 2.25. The van der Waals surface area contributed by atoms with Crippen LogP contribution in [0.15, 0.2) is 47.4 Å². The zero-order valence-electron chi connectivity index (χ0n) is 8.55. The Labute approximate surface area is 92.7 Å². The molecule has 0 saturated carbocycles. The Morgan fingerprint density at radius 3 is 2.44 bits per heavy atom. The minimum absolute atomic E-state index is 0.268. The van der Waals surface area contributed by atoms with Crippen LogP contribution in [-0.2, 0) is 0 Å². The number of H-pyrrole nitrogens is 1. The highest BCUT2D eigenvalue weighted by molar-refractivity contribution is 5.69. The van der Waals surface area contributed by atoms with Gasteiger partial charge in [-0.05, 0) is 17.2 Å². The molecule has 3 heteroatoms. The number of aromatic amines is 1. The zero-order chi connectivity index (χ0) is 11.4. The normalized spacial score (nSPS) is 10.8. The summed E-state index contributed by atoms with van der Waals surface area (Å²) in [6, 6.07) is 11.2. The Balaban J connectivity index is 2.24. The smallest absolute Gasteiger partial charge is 0.290 e. The van der Waals surface area contributed by atoms with Crippen molar-refractivity contribution in [2.24, 2.45) is 0 Å². The molecule has 0 aliphatic rings. The molecular formula is C13H11NO2. The summed E-state index contributed by atoms with van der Waals surface area (Å²) in [5.74, 6) is -0.268. The van der Waals surface area contributed by atoms with Crippen LogP contribution in [0, 0.1) is 0 Å². The average molecular weight is 213 g/mol. The lowest BCUT2D eigenvalue weighted by molar-refractivity contribution is 0.466. The van der Waals surface area contributed by atoms with Gasteiger partial charge in [-0.1, -0.05) is 42.5 Å². The number of pyridine rings is 1. The summed E-state index contributed by atoms with van der Waals surface area (Å²) in [6.07, 6.45) is 5.29. The van der Waals surface area contributed by atoms with E-state index in [0.29, 0.717) is 0 Å². The highest BCUT2D eigenvalue weighted by Crippen LogP contribution is 2.09. The molecule has 0 bridgehead atoms. The Morgan fingerprint density at radius 1 is 1.06 bits per heavy atom. The van der Waals surface area contributed by atoms with Gasteiger partial charge in [0.25, 0.3) is 5.56 Å². The quantitative estimate of drug-likeness (QED) is 0.803. The number of aromatic hydroxyl groups is 1. The highest BCUT2D eigenvalue weighted by atomic mass is 16.3. The van der Waals surface area contributed by atoms with Crippen LogP contribution >= 0.6 is 0 Å². The Hall–Kier alpha value is -2.29. The maximum Gasteiger partial charge on any atom is 0.290 e. The summed E-state index contributed by atoms with van der Waals surface area (Å²) < 4.78 is 0. The average Bonchev–Trinajstić information content (AvgIpc) is 2.32. The van der Waals surface area contributed by atoms with Crippen molar-refractivity contribution in [3.8, 4) is 5.75 Å². The monoisotopic (exact) mass is 213 g/mol. The minimum Gasteiger partial charge on any atom is -0.503 e. The molecule has 2 aromatic rings. The van der Waals surface area contributed by atoms with Crippen LogP contribution in [0.3, 0.4) is 0 Å². The molecule has 2 N–H and O–H groups in total. The summed E-state index contributed by atoms with van der Waals surface area (Å²) in [4.78, 5) is 13.4. The van der Waals surface area contributed by atoms with Gasteiger partial charge in [0, 0.05) is 6.20 Å². The van der Waals surface area contributed by atoms with Crippen LogP contribution in [0.2, 0.25) is 0 Å². The number of nitrogens with one attached hydrogen (secondary N) is 1. The number of benzene rings is 1. The van der Waals surface area contributed by atoms with Gasteiger partial charge in [-0.3, -0.25) is 4.79 Å². The first kappa shape index (κ1) is 10.2. The standard InChI is InChI=1S/C13H11NO2/c15-12-8-11(9-14-13(12)16)7-6-10-4-2-1-3-5-10/h1-9,15H,(H,14,16)/b7-6+. The second-order valence-corrected chi connectivity index (χ2v) is 3.39. The molecule has 0 aliphatic heterocycles. The van der Waals surface area contributed by atoms with Gasteiger partial charge in [0.1, 0.15) is 0 Å². The first-order valence-electron chi connectivity index (χ1n) is 4.90. The molecule has 0 radical (unpaired) electrons. The predicted molar refractivity (Wildman–Crippen MR) is 64.1 cm³/mol. The van der Waals surface area contributed by atoms with Crippen LogP contribution in [0.1, 0.15) is 11.1 Å². The fraction of sp³-hybridized carbons (Fsp3) is 0. The Bertz CT molecular complexity index is 556. The fourth-order valence-corrected chi connectivity index (χ4v) is 1.34. The van der Waals surface area contributed by atoms with Crippen molar-refractivity contribution in [2.45, 2.75) is 0 Å². The van der Waals surface area contributed by atoms with E-state index in [1.165, 1.54) is 6.07 Å². The minimum atomic E-state index is -0.475. The van der Waals surface area contributed by atoms with Crippen molar-refractivity contribution in [3.63, 3.8) is 0 Å². The lowest BCUT2D eigenvalue weighted by Crippen LogP contribution is -2.03. The van der Waals surface area contributed by atoms with Gasteiger partial charge in [-0.25, -0.2) is 0 Å². The number of hydrogen-bond acceptors (Lipinski definition) is 2. The third-order valence-electron chi connectivity index (χ3n) is 2.17. The zero-order valence-corrected chi connectivity index (χ0v) is 8.55. The van der Waals surface area contributed by atoms with Gasteiger partial charge in [-0.15, -0.1) is 0 Å². The second kappa shape index (κ2) is 4.49.